The van der Waals surface area contributed by atoms with Crippen LogP contribution in [-0.4, -0.2) is 36.5 Å². The van der Waals surface area contributed by atoms with Crippen LogP contribution in [0.3, 0.4) is 0 Å². The predicted molar refractivity (Wildman–Crippen MR) is 102 cm³/mol. The van der Waals surface area contributed by atoms with Gasteiger partial charge in [-0.05, 0) is 76.0 Å². The Morgan fingerprint density at radius 1 is 1.00 bits per heavy atom. The van der Waals surface area contributed by atoms with Crippen LogP contribution in [0.1, 0.15) is 66.2 Å². The maximum Gasteiger partial charge on any atom is 0.329 e. The van der Waals surface area contributed by atoms with Crippen LogP contribution in [0.5, 0.6) is 0 Å². The van der Waals surface area contributed by atoms with E-state index in [4.69, 9.17) is 4.74 Å². The van der Waals surface area contributed by atoms with Gasteiger partial charge in [0.15, 0.2) is 6.10 Å². The lowest BCUT2D eigenvalue weighted by Gasteiger charge is -2.55. The lowest BCUT2D eigenvalue weighted by Crippen LogP contribution is -2.57. The third-order valence-corrected chi connectivity index (χ3v) is 6.74. The number of likely N-dealkylation sites (N-methyl/N-ethyl adjacent to an activating group) is 1. The number of carbonyl (C=O) groups excluding carboxylic acids is 3. The number of hydrogen-bond donors (Lipinski definition) is 2. The summed E-state index contributed by atoms with van der Waals surface area (Å²) in [5, 5.41) is 5.65. The molecule has 27 heavy (non-hydrogen) atoms. The fourth-order valence-electron chi connectivity index (χ4n) is 5.80. The van der Waals surface area contributed by atoms with Crippen LogP contribution in [0.4, 0.5) is 0 Å². The van der Waals surface area contributed by atoms with Crippen molar-refractivity contribution in [2.75, 3.05) is 6.54 Å². The molecule has 4 aliphatic carbocycles. The Morgan fingerprint density at radius 3 is 1.96 bits per heavy atom. The van der Waals surface area contributed by atoms with Crippen LogP contribution in [0.15, 0.2) is 0 Å². The first-order valence-corrected chi connectivity index (χ1v) is 10.5. The molecule has 4 saturated carbocycles. The second-order valence-electron chi connectivity index (χ2n) is 9.37. The van der Waals surface area contributed by atoms with E-state index in [2.05, 4.69) is 10.6 Å². The summed E-state index contributed by atoms with van der Waals surface area (Å²) in [6.45, 7) is 7.64. The molecule has 0 aromatic heterocycles. The van der Waals surface area contributed by atoms with Gasteiger partial charge < -0.3 is 15.4 Å². The fraction of sp³-hybridized carbons (Fsp3) is 0.857. The third-order valence-electron chi connectivity index (χ3n) is 6.74. The van der Waals surface area contributed by atoms with Gasteiger partial charge in [-0.1, -0.05) is 13.8 Å². The molecule has 4 bridgehead atoms. The SMILES string of the molecule is CCNC(=O)[C@@H](C)OC(=O)[C@@H](NC(=O)C12CC3CC(CC(C3)C1)C2)C(C)C. The normalized spacial score (nSPS) is 33.4. The second kappa shape index (κ2) is 7.80. The molecule has 0 saturated heterocycles. The molecule has 0 aromatic rings. The van der Waals surface area contributed by atoms with Gasteiger partial charge >= 0.3 is 5.97 Å². The Balaban J connectivity index is 1.65. The zero-order valence-corrected chi connectivity index (χ0v) is 17.0. The van der Waals surface area contributed by atoms with Crippen molar-refractivity contribution in [3.05, 3.63) is 0 Å². The molecule has 0 spiro atoms. The first-order chi connectivity index (χ1) is 12.7. The highest BCUT2D eigenvalue weighted by Gasteiger charge is 2.55. The van der Waals surface area contributed by atoms with E-state index in [0.717, 1.165) is 19.3 Å². The van der Waals surface area contributed by atoms with Crippen LogP contribution in [0.25, 0.3) is 0 Å². The van der Waals surface area contributed by atoms with Crippen molar-refractivity contribution in [2.24, 2.45) is 29.1 Å². The van der Waals surface area contributed by atoms with Crippen molar-refractivity contribution in [3.63, 3.8) is 0 Å². The summed E-state index contributed by atoms with van der Waals surface area (Å²) in [6.07, 6.45) is 5.82. The quantitative estimate of drug-likeness (QED) is 0.666. The summed E-state index contributed by atoms with van der Waals surface area (Å²) in [7, 11) is 0. The molecule has 0 heterocycles. The fourth-order valence-corrected chi connectivity index (χ4v) is 5.80. The Kier molecular flexibility index (Phi) is 5.82. The molecular formula is C21H34N2O4. The predicted octanol–water partition coefficient (Wildman–Crippen LogP) is 2.41. The summed E-state index contributed by atoms with van der Waals surface area (Å²) in [5.41, 5.74) is -0.298. The Labute approximate surface area is 162 Å². The average molecular weight is 379 g/mol. The summed E-state index contributed by atoms with van der Waals surface area (Å²) >= 11 is 0. The number of carbonyl (C=O) groups is 3. The zero-order chi connectivity index (χ0) is 19.8. The third kappa shape index (κ3) is 4.14. The second-order valence-corrected chi connectivity index (χ2v) is 9.37. The van der Waals surface area contributed by atoms with Gasteiger partial charge in [-0.25, -0.2) is 4.79 Å². The minimum Gasteiger partial charge on any atom is -0.451 e. The van der Waals surface area contributed by atoms with E-state index in [0.29, 0.717) is 24.3 Å². The maximum atomic E-state index is 13.2. The largest absolute Gasteiger partial charge is 0.451 e. The molecule has 4 rings (SSSR count). The first kappa shape index (κ1) is 20.2. The molecule has 6 nitrogen and oxygen atoms in total. The molecule has 2 atom stereocenters. The standard InChI is InChI=1S/C21H34N2O4/c1-5-22-18(24)13(4)27-19(25)17(12(2)3)23-20(26)21-9-14-6-15(10-21)8-16(7-14)11-21/h12-17H,5-11H2,1-4H3,(H,22,24)(H,23,26)/t13-,14?,15?,16?,17+,21?/m1/s1. The van der Waals surface area contributed by atoms with Gasteiger partial charge in [-0.15, -0.1) is 0 Å². The molecule has 152 valence electrons. The van der Waals surface area contributed by atoms with Crippen molar-refractivity contribution in [3.8, 4) is 0 Å². The maximum absolute atomic E-state index is 13.2. The average Bonchev–Trinajstić information content (AvgIpc) is 2.57. The number of ether oxygens (including phenoxy) is 1. The number of rotatable bonds is 7. The summed E-state index contributed by atoms with van der Waals surface area (Å²) in [6, 6.07) is -0.720. The van der Waals surface area contributed by atoms with E-state index in [1.54, 1.807) is 6.92 Å². The smallest absolute Gasteiger partial charge is 0.329 e. The Bertz CT molecular complexity index is 566. The van der Waals surface area contributed by atoms with Gasteiger partial charge in [0, 0.05) is 12.0 Å². The van der Waals surface area contributed by atoms with Crippen molar-refractivity contribution in [2.45, 2.75) is 78.4 Å². The van der Waals surface area contributed by atoms with Crippen LogP contribution >= 0.6 is 0 Å². The van der Waals surface area contributed by atoms with E-state index in [1.165, 1.54) is 19.3 Å². The minimum atomic E-state index is -0.866. The van der Waals surface area contributed by atoms with Gasteiger partial charge in [0.1, 0.15) is 6.04 Å². The van der Waals surface area contributed by atoms with E-state index < -0.39 is 18.1 Å². The van der Waals surface area contributed by atoms with Gasteiger partial charge in [0.05, 0.1) is 0 Å². The van der Waals surface area contributed by atoms with Gasteiger partial charge in [-0.2, -0.15) is 0 Å². The lowest BCUT2D eigenvalue weighted by atomic mass is 9.49. The van der Waals surface area contributed by atoms with Crippen molar-refractivity contribution >= 4 is 17.8 Å². The molecular weight excluding hydrogens is 344 g/mol. The van der Waals surface area contributed by atoms with Gasteiger partial charge in [0.25, 0.3) is 5.91 Å². The number of amides is 2. The van der Waals surface area contributed by atoms with E-state index in [1.807, 2.05) is 20.8 Å². The van der Waals surface area contributed by atoms with Crippen LogP contribution in [0.2, 0.25) is 0 Å². The molecule has 2 amide bonds. The summed E-state index contributed by atoms with van der Waals surface area (Å²) < 4.78 is 5.34. The number of hydrogen-bond acceptors (Lipinski definition) is 4. The molecule has 6 heteroatoms. The zero-order valence-electron chi connectivity index (χ0n) is 17.0. The number of nitrogens with one attached hydrogen (secondary N) is 2. The van der Waals surface area contributed by atoms with Crippen LogP contribution < -0.4 is 10.6 Å². The van der Waals surface area contributed by atoms with E-state index in [-0.39, 0.29) is 23.1 Å². The Morgan fingerprint density at radius 2 is 1.52 bits per heavy atom. The van der Waals surface area contributed by atoms with Gasteiger partial charge in [0.2, 0.25) is 5.91 Å². The monoisotopic (exact) mass is 378 g/mol. The molecule has 0 radical (unpaired) electrons. The molecule has 4 fully saturated rings. The highest BCUT2D eigenvalue weighted by Crippen LogP contribution is 2.60. The Hall–Kier alpha value is -1.59. The highest BCUT2D eigenvalue weighted by molar-refractivity contribution is 5.90. The van der Waals surface area contributed by atoms with Crippen LogP contribution in [0, 0.1) is 29.1 Å². The van der Waals surface area contributed by atoms with Crippen molar-refractivity contribution in [1.82, 2.24) is 10.6 Å². The molecule has 0 unspecified atom stereocenters. The summed E-state index contributed by atoms with van der Waals surface area (Å²) in [4.78, 5) is 37.7. The first-order valence-electron chi connectivity index (χ1n) is 10.5. The van der Waals surface area contributed by atoms with Gasteiger partial charge in [-0.3, -0.25) is 9.59 Å². The molecule has 0 aromatic carbocycles. The molecule has 4 aliphatic rings. The number of esters is 1. The topological polar surface area (TPSA) is 84.5 Å². The minimum absolute atomic E-state index is 0.0166. The van der Waals surface area contributed by atoms with Crippen molar-refractivity contribution < 1.29 is 19.1 Å². The molecule has 0 aliphatic heterocycles. The molecule has 2 N–H and O–H groups in total. The lowest BCUT2D eigenvalue weighted by molar-refractivity contribution is -0.161. The van der Waals surface area contributed by atoms with Crippen molar-refractivity contribution in [1.29, 1.82) is 0 Å². The van der Waals surface area contributed by atoms with E-state index in [9.17, 15) is 14.4 Å². The highest BCUT2D eigenvalue weighted by atomic mass is 16.5. The van der Waals surface area contributed by atoms with Crippen LogP contribution in [-0.2, 0) is 19.1 Å². The van der Waals surface area contributed by atoms with E-state index >= 15 is 0 Å². The summed E-state index contributed by atoms with van der Waals surface area (Å²) in [5.74, 6) is 1.08.